The van der Waals surface area contributed by atoms with E-state index in [2.05, 4.69) is 15.3 Å². The highest BCUT2D eigenvalue weighted by molar-refractivity contribution is 6.04. The zero-order valence-electron chi connectivity index (χ0n) is 7.99. The van der Waals surface area contributed by atoms with Crippen LogP contribution in [0.1, 0.15) is 18.7 Å². The van der Waals surface area contributed by atoms with Crippen molar-refractivity contribution in [1.29, 1.82) is 0 Å². The van der Waals surface area contributed by atoms with Crippen LogP contribution in [0.4, 0.5) is 0 Å². The first-order valence-electron chi connectivity index (χ1n) is 4.65. The summed E-state index contributed by atoms with van der Waals surface area (Å²) in [5.41, 5.74) is -1.17. The van der Waals surface area contributed by atoms with Gasteiger partial charge in [0, 0.05) is 12.4 Å². The van der Waals surface area contributed by atoms with Crippen molar-refractivity contribution in [2.45, 2.75) is 19.4 Å². The van der Waals surface area contributed by atoms with Crippen LogP contribution in [0.2, 0.25) is 0 Å². The molecule has 1 aromatic rings. The summed E-state index contributed by atoms with van der Waals surface area (Å²) in [7, 11) is 0. The smallest absolute Gasteiger partial charge is 0.319 e. The highest BCUT2D eigenvalue weighted by atomic mass is 16.4. The van der Waals surface area contributed by atoms with Crippen molar-refractivity contribution in [2.75, 3.05) is 0 Å². The molecule has 2 rings (SSSR count). The van der Waals surface area contributed by atoms with Crippen molar-refractivity contribution in [3.05, 3.63) is 18.2 Å². The molecule has 1 fully saturated rings. The van der Waals surface area contributed by atoms with Gasteiger partial charge in [-0.15, -0.1) is 0 Å². The van der Waals surface area contributed by atoms with Gasteiger partial charge in [-0.2, -0.15) is 0 Å². The fourth-order valence-electron chi connectivity index (χ4n) is 1.39. The Hall–Kier alpha value is -1.85. The first-order chi connectivity index (χ1) is 7.15. The lowest BCUT2D eigenvalue weighted by Gasteiger charge is -2.09. The van der Waals surface area contributed by atoms with E-state index in [1.165, 1.54) is 0 Å². The van der Waals surface area contributed by atoms with Crippen molar-refractivity contribution in [3.8, 4) is 0 Å². The lowest BCUT2D eigenvalue weighted by Crippen LogP contribution is -2.36. The molecule has 0 saturated heterocycles. The maximum absolute atomic E-state index is 11.5. The average Bonchev–Trinajstić information content (AvgIpc) is 2.87. The van der Waals surface area contributed by atoms with Crippen LogP contribution in [0.3, 0.4) is 0 Å². The lowest BCUT2D eigenvalue weighted by molar-refractivity contribution is -0.149. The zero-order valence-corrected chi connectivity index (χ0v) is 7.99. The Balaban J connectivity index is 1.91. The van der Waals surface area contributed by atoms with Crippen LogP contribution in [0, 0.1) is 5.41 Å². The minimum Gasteiger partial charge on any atom is -0.480 e. The summed E-state index contributed by atoms with van der Waals surface area (Å²) in [5.74, 6) is -0.851. The molecule has 6 nitrogen and oxygen atoms in total. The molecule has 1 aromatic heterocycles. The zero-order chi connectivity index (χ0) is 10.9. The van der Waals surface area contributed by atoms with E-state index in [0.29, 0.717) is 18.7 Å². The molecule has 0 radical (unpaired) electrons. The van der Waals surface area contributed by atoms with Gasteiger partial charge in [0.1, 0.15) is 11.2 Å². The number of rotatable bonds is 4. The number of carbonyl (C=O) groups excluding carboxylic acids is 1. The first kappa shape index (κ1) is 9.70. The molecule has 0 aliphatic heterocycles. The van der Waals surface area contributed by atoms with Crippen molar-refractivity contribution >= 4 is 11.9 Å². The van der Waals surface area contributed by atoms with Gasteiger partial charge in [-0.05, 0) is 12.8 Å². The van der Waals surface area contributed by atoms with Crippen LogP contribution in [-0.4, -0.2) is 27.0 Å². The molecule has 80 valence electrons. The van der Waals surface area contributed by atoms with Crippen molar-refractivity contribution < 1.29 is 14.7 Å². The Morgan fingerprint density at radius 1 is 1.60 bits per heavy atom. The molecular formula is C9H11N3O3. The Labute approximate surface area is 85.7 Å². The number of nitrogens with zero attached hydrogens (tertiary/aromatic N) is 1. The number of imidazole rings is 1. The number of carboxylic acid groups (broad SMARTS) is 1. The molecule has 0 aromatic carbocycles. The number of nitrogens with one attached hydrogen (secondary N) is 2. The van der Waals surface area contributed by atoms with Crippen LogP contribution >= 0.6 is 0 Å². The minimum absolute atomic E-state index is 0.237. The van der Waals surface area contributed by atoms with Gasteiger partial charge in [0.15, 0.2) is 0 Å². The summed E-state index contributed by atoms with van der Waals surface area (Å²) in [4.78, 5) is 29.1. The summed E-state index contributed by atoms with van der Waals surface area (Å²) >= 11 is 0. The molecule has 6 heteroatoms. The number of amides is 1. The second kappa shape index (κ2) is 3.38. The van der Waals surface area contributed by atoms with E-state index in [1.807, 2.05) is 0 Å². The van der Waals surface area contributed by atoms with Gasteiger partial charge in [0.05, 0.1) is 6.54 Å². The van der Waals surface area contributed by atoms with Crippen LogP contribution in [0.5, 0.6) is 0 Å². The monoisotopic (exact) mass is 209 g/mol. The molecule has 1 saturated carbocycles. The topological polar surface area (TPSA) is 95.1 Å². The molecule has 1 amide bonds. The van der Waals surface area contributed by atoms with E-state index in [-0.39, 0.29) is 6.54 Å². The second-order valence-corrected chi connectivity index (χ2v) is 3.61. The van der Waals surface area contributed by atoms with Gasteiger partial charge in [0.2, 0.25) is 5.91 Å². The molecular weight excluding hydrogens is 198 g/mol. The molecule has 15 heavy (non-hydrogen) atoms. The Morgan fingerprint density at radius 2 is 2.33 bits per heavy atom. The summed E-state index contributed by atoms with van der Waals surface area (Å²) in [5, 5.41) is 11.4. The molecule has 1 heterocycles. The summed E-state index contributed by atoms with van der Waals surface area (Å²) in [6, 6.07) is 0. The van der Waals surface area contributed by atoms with Crippen molar-refractivity contribution in [3.63, 3.8) is 0 Å². The number of H-pyrrole nitrogens is 1. The summed E-state index contributed by atoms with van der Waals surface area (Å²) in [6.45, 7) is 0.237. The van der Waals surface area contributed by atoms with Crippen molar-refractivity contribution in [1.82, 2.24) is 15.3 Å². The SMILES string of the molecule is O=C(O)C1(C(=O)NCc2ncc[nH]2)CC1. The van der Waals surface area contributed by atoms with E-state index >= 15 is 0 Å². The number of aromatic amines is 1. The standard InChI is InChI=1S/C9H11N3O3/c13-7(9(1-2-9)8(14)15)12-5-6-10-3-4-11-6/h3-4H,1-2,5H2,(H,10,11)(H,12,13)(H,14,15). The van der Waals surface area contributed by atoms with Gasteiger partial charge < -0.3 is 15.4 Å². The second-order valence-electron chi connectivity index (χ2n) is 3.61. The maximum Gasteiger partial charge on any atom is 0.319 e. The molecule has 3 N–H and O–H groups in total. The molecule has 1 aliphatic rings. The van der Waals surface area contributed by atoms with E-state index in [1.54, 1.807) is 12.4 Å². The van der Waals surface area contributed by atoms with Crippen LogP contribution < -0.4 is 5.32 Å². The Bertz CT molecular complexity index is 381. The van der Waals surface area contributed by atoms with Gasteiger partial charge in [-0.1, -0.05) is 0 Å². The fraction of sp³-hybridized carbons (Fsp3) is 0.444. The molecule has 0 atom stereocenters. The Kier molecular flexibility index (Phi) is 2.18. The predicted molar refractivity (Wildman–Crippen MR) is 49.7 cm³/mol. The number of aromatic nitrogens is 2. The molecule has 0 spiro atoms. The summed E-state index contributed by atoms with van der Waals surface area (Å²) < 4.78 is 0. The van der Waals surface area contributed by atoms with Gasteiger partial charge in [-0.3, -0.25) is 9.59 Å². The number of aliphatic carboxylic acids is 1. The van der Waals surface area contributed by atoms with Crippen molar-refractivity contribution in [2.24, 2.45) is 5.41 Å². The van der Waals surface area contributed by atoms with Crippen LogP contribution in [0.25, 0.3) is 0 Å². The van der Waals surface area contributed by atoms with E-state index in [9.17, 15) is 9.59 Å². The quantitative estimate of drug-likeness (QED) is 0.603. The number of carboxylic acids is 1. The largest absolute Gasteiger partial charge is 0.480 e. The highest BCUT2D eigenvalue weighted by Gasteiger charge is 2.56. The number of hydrogen-bond acceptors (Lipinski definition) is 3. The lowest BCUT2D eigenvalue weighted by atomic mass is 10.1. The predicted octanol–water partition coefficient (Wildman–Crippen LogP) is -0.109. The number of hydrogen-bond donors (Lipinski definition) is 3. The fourth-order valence-corrected chi connectivity index (χ4v) is 1.39. The third-order valence-corrected chi connectivity index (χ3v) is 2.57. The van der Waals surface area contributed by atoms with Gasteiger partial charge >= 0.3 is 5.97 Å². The van der Waals surface area contributed by atoms with Crippen LogP contribution in [-0.2, 0) is 16.1 Å². The number of carbonyl (C=O) groups is 2. The molecule has 0 unspecified atom stereocenters. The van der Waals surface area contributed by atoms with Crippen LogP contribution in [0.15, 0.2) is 12.4 Å². The third-order valence-electron chi connectivity index (χ3n) is 2.57. The van der Waals surface area contributed by atoms with Gasteiger partial charge in [0.25, 0.3) is 0 Å². The molecule has 1 aliphatic carbocycles. The minimum atomic E-state index is -1.17. The van der Waals surface area contributed by atoms with E-state index in [0.717, 1.165) is 0 Å². The van der Waals surface area contributed by atoms with E-state index < -0.39 is 17.3 Å². The van der Waals surface area contributed by atoms with Gasteiger partial charge in [-0.25, -0.2) is 4.98 Å². The maximum atomic E-state index is 11.5. The first-order valence-corrected chi connectivity index (χ1v) is 4.65. The Morgan fingerprint density at radius 3 is 2.80 bits per heavy atom. The third kappa shape index (κ3) is 1.70. The normalized spacial score (nSPS) is 17.1. The average molecular weight is 209 g/mol. The van der Waals surface area contributed by atoms with E-state index in [4.69, 9.17) is 5.11 Å². The summed E-state index contributed by atoms with van der Waals surface area (Å²) in [6.07, 6.45) is 4.07. The molecule has 0 bridgehead atoms. The highest BCUT2D eigenvalue weighted by Crippen LogP contribution is 2.46.